The van der Waals surface area contributed by atoms with Gasteiger partial charge in [-0.1, -0.05) is 66.4 Å². The Labute approximate surface area is 179 Å². The van der Waals surface area contributed by atoms with Crippen LogP contribution in [0.2, 0.25) is 0 Å². The van der Waals surface area contributed by atoms with E-state index in [0.717, 1.165) is 22.6 Å². The highest BCUT2D eigenvalue weighted by molar-refractivity contribution is 8.16. The molecule has 30 heavy (non-hydrogen) atoms. The van der Waals surface area contributed by atoms with Crippen molar-refractivity contribution in [2.75, 3.05) is 10.2 Å². The van der Waals surface area contributed by atoms with Crippen LogP contribution < -0.4 is 10.2 Å². The highest BCUT2D eigenvalue weighted by Crippen LogP contribution is 2.35. The molecule has 1 heterocycles. The van der Waals surface area contributed by atoms with Crippen LogP contribution in [-0.4, -0.2) is 22.2 Å². The number of hydrogen-bond donors (Lipinski definition) is 1. The first-order valence-corrected chi connectivity index (χ1v) is 10.5. The monoisotopic (exact) mass is 415 g/mol. The lowest BCUT2D eigenvalue weighted by molar-refractivity contribution is -0.121. The fourth-order valence-corrected chi connectivity index (χ4v) is 4.34. The molecule has 6 heteroatoms. The number of thioether (sulfide) groups is 1. The molecule has 0 spiro atoms. The summed E-state index contributed by atoms with van der Waals surface area (Å²) < 4.78 is 0. The molecule has 0 bridgehead atoms. The van der Waals surface area contributed by atoms with Crippen molar-refractivity contribution in [3.05, 3.63) is 90.5 Å². The number of para-hydroxylation sites is 3. The Morgan fingerprint density at radius 2 is 1.60 bits per heavy atom. The van der Waals surface area contributed by atoms with Gasteiger partial charge in [-0.3, -0.25) is 14.5 Å². The number of nitrogens with one attached hydrogen (secondary N) is 1. The first-order valence-electron chi connectivity index (χ1n) is 9.67. The van der Waals surface area contributed by atoms with Gasteiger partial charge in [0.05, 0.1) is 11.4 Å². The molecule has 2 amide bonds. The molecule has 0 unspecified atom stereocenters. The number of amides is 2. The molecule has 0 radical (unpaired) electrons. The molecule has 1 atom stereocenters. The van der Waals surface area contributed by atoms with Gasteiger partial charge in [0.15, 0.2) is 5.17 Å². The van der Waals surface area contributed by atoms with Crippen molar-refractivity contribution in [1.29, 1.82) is 0 Å². The van der Waals surface area contributed by atoms with E-state index in [-0.39, 0.29) is 18.2 Å². The van der Waals surface area contributed by atoms with E-state index in [4.69, 9.17) is 0 Å². The summed E-state index contributed by atoms with van der Waals surface area (Å²) in [6, 6.07) is 26.5. The Kier molecular flexibility index (Phi) is 5.95. The molecule has 0 aromatic heterocycles. The largest absolute Gasteiger partial charge is 0.326 e. The standard InChI is InChI=1S/C24H21N3O2S/c1-17-10-8-9-15-20(17)26-22(28)16-21-23(29)27(19-13-6-3-7-14-19)24(30-21)25-18-11-4-2-5-12-18/h2-15,21H,16H2,1H3,(H,26,28)/t21-/m1/s1. The number of hydrogen-bond acceptors (Lipinski definition) is 4. The molecule has 1 N–H and O–H groups in total. The Balaban J connectivity index is 1.57. The number of benzene rings is 3. The summed E-state index contributed by atoms with van der Waals surface area (Å²) in [4.78, 5) is 32.1. The highest BCUT2D eigenvalue weighted by Gasteiger charge is 2.40. The molecule has 150 valence electrons. The maximum absolute atomic E-state index is 13.2. The van der Waals surface area contributed by atoms with Crippen LogP contribution >= 0.6 is 11.8 Å². The van der Waals surface area contributed by atoms with Gasteiger partial charge >= 0.3 is 0 Å². The van der Waals surface area contributed by atoms with Gasteiger partial charge in [-0.15, -0.1) is 0 Å². The minimum Gasteiger partial charge on any atom is -0.326 e. The predicted octanol–water partition coefficient (Wildman–Crippen LogP) is 5.16. The zero-order chi connectivity index (χ0) is 20.9. The zero-order valence-corrected chi connectivity index (χ0v) is 17.3. The van der Waals surface area contributed by atoms with Crippen molar-refractivity contribution in [3.63, 3.8) is 0 Å². The number of anilines is 2. The fraction of sp³-hybridized carbons (Fsp3) is 0.125. The summed E-state index contributed by atoms with van der Waals surface area (Å²) in [5, 5.41) is 2.96. The molecule has 1 aliphatic rings. The third kappa shape index (κ3) is 4.44. The molecular formula is C24H21N3O2S. The lowest BCUT2D eigenvalue weighted by atomic mass is 10.2. The van der Waals surface area contributed by atoms with Crippen molar-refractivity contribution < 1.29 is 9.59 Å². The SMILES string of the molecule is Cc1ccccc1NC(=O)C[C@H]1SC(=Nc2ccccc2)N(c2ccccc2)C1=O. The Morgan fingerprint density at radius 3 is 2.30 bits per heavy atom. The Hall–Kier alpha value is -3.38. The van der Waals surface area contributed by atoms with Crippen LogP contribution in [-0.2, 0) is 9.59 Å². The maximum atomic E-state index is 13.2. The lowest BCUT2D eigenvalue weighted by Gasteiger charge is -2.16. The van der Waals surface area contributed by atoms with Crippen LogP contribution in [0.3, 0.4) is 0 Å². The average molecular weight is 416 g/mol. The van der Waals surface area contributed by atoms with Crippen molar-refractivity contribution >= 4 is 45.8 Å². The van der Waals surface area contributed by atoms with Crippen molar-refractivity contribution in [1.82, 2.24) is 0 Å². The summed E-state index contributed by atoms with van der Waals surface area (Å²) in [5.74, 6) is -0.329. The van der Waals surface area contributed by atoms with E-state index in [1.54, 1.807) is 4.90 Å². The number of aliphatic imine (C=N–C) groups is 1. The number of rotatable bonds is 5. The van der Waals surface area contributed by atoms with E-state index in [1.807, 2.05) is 91.9 Å². The summed E-state index contributed by atoms with van der Waals surface area (Å²) in [6.07, 6.45) is 0.0784. The maximum Gasteiger partial charge on any atom is 0.247 e. The molecule has 3 aromatic carbocycles. The number of nitrogens with zero attached hydrogens (tertiary/aromatic N) is 2. The molecule has 4 rings (SSSR count). The molecule has 5 nitrogen and oxygen atoms in total. The van der Waals surface area contributed by atoms with Crippen LogP contribution in [0.1, 0.15) is 12.0 Å². The van der Waals surface area contributed by atoms with E-state index in [0.29, 0.717) is 5.17 Å². The smallest absolute Gasteiger partial charge is 0.247 e. The van der Waals surface area contributed by atoms with E-state index in [2.05, 4.69) is 10.3 Å². The van der Waals surface area contributed by atoms with Crippen LogP contribution in [0.4, 0.5) is 17.1 Å². The van der Waals surface area contributed by atoms with Gasteiger partial charge in [-0.05, 0) is 42.8 Å². The minimum absolute atomic E-state index is 0.0784. The van der Waals surface area contributed by atoms with Gasteiger partial charge in [0.1, 0.15) is 5.25 Å². The molecule has 0 aliphatic carbocycles. The molecule has 1 saturated heterocycles. The highest BCUT2D eigenvalue weighted by atomic mass is 32.2. The second-order valence-corrected chi connectivity index (χ2v) is 8.08. The Morgan fingerprint density at radius 1 is 0.967 bits per heavy atom. The van der Waals surface area contributed by atoms with Crippen LogP contribution in [0.25, 0.3) is 0 Å². The molecule has 0 saturated carbocycles. The van der Waals surface area contributed by atoms with Gasteiger partial charge in [0, 0.05) is 12.1 Å². The minimum atomic E-state index is -0.531. The normalized spacial score (nSPS) is 17.4. The average Bonchev–Trinajstić information content (AvgIpc) is 3.05. The first kappa shape index (κ1) is 19.9. The molecule has 1 fully saturated rings. The van der Waals surface area contributed by atoms with E-state index < -0.39 is 5.25 Å². The zero-order valence-electron chi connectivity index (χ0n) is 16.5. The number of carbonyl (C=O) groups excluding carboxylic acids is 2. The van der Waals surface area contributed by atoms with Gasteiger partial charge in [0.2, 0.25) is 11.8 Å². The third-order valence-electron chi connectivity index (χ3n) is 4.72. The van der Waals surface area contributed by atoms with Crippen LogP contribution in [0.5, 0.6) is 0 Å². The van der Waals surface area contributed by atoms with E-state index >= 15 is 0 Å². The number of amidine groups is 1. The quantitative estimate of drug-likeness (QED) is 0.626. The second-order valence-electron chi connectivity index (χ2n) is 6.91. The summed E-state index contributed by atoms with van der Waals surface area (Å²) in [7, 11) is 0. The van der Waals surface area contributed by atoms with Crippen molar-refractivity contribution in [2.24, 2.45) is 4.99 Å². The van der Waals surface area contributed by atoms with Gasteiger partial charge < -0.3 is 5.32 Å². The number of aryl methyl sites for hydroxylation is 1. The van der Waals surface area contributed by atoms with E-state index in [1.165, 1.54) is 11.8 Å². The molecule has 1 aliphatic heterocycles. The van der Waals surface area contributed by atoms with Crippen LogP contribution in [0.15, 0.2) is 89.9 Å². The van der Waals surface area contributed by atoms with Crippen molar-refractivity contribution in [2.45, 2.75) is 18.6 Å². The van der Waals surface area contributed by atoms with E-state index in [9.17, 15) is 9.59 Å². The van der Waals surface area contributed by atoms with Crippen LogP contribution in [0, 0.1) is 6.92 Å². The number of carbonyl (C=O) groups is 2. The molecular weight excluding hydrogens is 394 g/mol. The topological polar surface area (TPSA) is 61.8 Å². The van der Waals surface area contributed by atoms with Crippen molar-refractivity contribution in [3.8, 4) is 0 Å². The Bertz CT molecular complexity index is 1080. The van der Waals surface area contributed by atoms with Gasteiger partial charge in [-0.25, -0.2) is 4.99 Å². The summed E-state index contributed by atoms with van der Waals surface area (Å²) >= 11 is 1.33. The summed E-state index contributed by atoms with van der Waals surface area (Å²) in [5.41, 5.74) is 3.25. The van der Waals surface area contributed by atoms with Gasteiger partial charge in [0.25, 0.3) is 0 Å². The fourth-order valence-electron chi connectivity index (χ4n) is 3.18. The third-order valence-corrected chi connectivity index (χ3v) is 5.86. The molecule has 3 aromatic rings. The first-order chi connectivity index (χ1) is 14.6. The summed E-state index contributed by atoms with van der Waals surface area (Å²) in [6.45, 7) is 1.94. The second kappa shape index (κ2) is 8.97. The lowest BCUT2D eigenvalue weighted by Crippen LogP contribution is -2.33. The van der Waals surface area contributed by atoms with Gasteiger partial charge in [-0.2, -0.15) is 0 Å². The predicted molar refractivity (Wildman–Crippen MR) is 123 cm³/mol.